The Kier molecular flexibility index (Phi) is 7.04. The van der Waals surface area contributed by atoms with Crippen LogP contribution in [0.25, 0.3) is 0 Å². The Morgan fingerprint density at radius 1 is 1.23 bits per heavy atom. The number of carbonyl (C=O) groups is 3. The number of hydrogen-bond acceptors (Lipinski definition) is 5. The summed E-state index contributed by atoms with van der Waals surface area (Å²) in [5, 5.41) is 14.9. The van der Waals surface area contributed by atoms with E-state index in [9.17, 15) is 19.5 Å². The Balaban J connectivity index is 2.75. The number of amides is 2. The zero-order valence-corrected chi connectivity index (χ0v) is 12.5. The first-order valence-electron chi connectivity index (χ1n) is 6.77. The van der Waals surface area contributed by atoms with Crippen molar-refractivity contribution in [3.63, 3.8) is 0 Å². The van der Waals surface area contributed by atoms with Gasteiger partial charge in [-0.3, -0.25) is 9.59 Å². The molecule has 0 radical (unpaired) electrons. The Bertz CT molecular complexity index is 518. The van der Waals surface area contributed by atoms with Crippen LogP contribution in [-0.2, 0) is 25.5 Å². The van der Waals surface area contributed by atoms with Crippen molar-refractivity contribution in [2.24, 2.45) is 0 Å². The van der Waals surface area contributed by atoms with Gasteiger partial charge in [0.25, 0.3) is 0 Å². The third kappa shape index (κ3) is 5.92. The van der Waals surface area contributed by atoms with Gasteiger partial charge < -0.3 is 20.5 Å². The first-order valence-corrected chi connectivity index (χ1v) is 6.77. The predicted octanol–water partition coefficient (Wildman–Crippen LogP) is -0.616. The van der Waals surface area contributed by atoms with Gasteiger partial charge >= 0.3 is 5.97 Å². The highest BCUT2D eigenvalue weighted by atomic mass is 16.5. The molecule has 0 fully saturated rings. The van der Waals surface area contributed by atoms with Gasteiger partial charge in [-0.25, -0.2) is 4.79 Å². The van der Waals surface area contributed by atoms with Crippen molar-refractivity contribution in [2.75, 3.05) is 13.7 Å². The van der Waals surface area contributed by atoms with E-state index in [1.165, 1.54) is 6.92 Å². The zero-order valence-electron chi connectivity index (χ0n) is 12.5. The van der Waals surface area contributed by atoms with E-state index < -0.39 is 24.0 Å². The van der Waals surface area contributed by atoms with Crippen molar-refractivity contribution in [2.45, 2.75) is 25.5 Å². The lowest BCUT2D eigenvalue weighted by Gasteiger charge is -2.22. The van der Waals surface area contributed by atoms with Gasteiger partial charge in [-0.2, -0.15) is 0 Å². The van der Waals surface area contributed by atoms with E-state index in [1.54, 1.807) is 0 Å². The second-order valence-electron chi connectivity index (χ2n) is 4.74. The lowest BCUT2D eigenvalue weighted by molar-refractivity contribution is -0.152. The molecule has 1 aromatic carbocycles. The molecule has 7 nitrogen and oxygen atoms in total. The molecule has 1 rings (SSSR count). The van der Waals surface area contributed by atoms with E-state index in [0.717, 1.165) is 12.7 Å². The van der Waals surface area contributed by atoms with Gasteiger partial charge in [0.1, 0.15) is 0 Å². The molecule has 2 atom stereocenters. The summed E-state index contributed by atoms with van der Waals surface area (Å²) in [6, 6.07) is 8.25. The van der Waals surface area contributed by atoms with Crippen molar-refractivity contribution in [3.8, 4) is 0 Å². The number of nitrogens with one attached hydrogen (secondary N) is 2. The van der Waals surface area contributed by atoms with Crippen LogP contribution >= 0.6 is 0 Å². The maximum absolute atomic E-state index is 11.8. The Morgan fingerprint density at radius 3 is 2.41 bits per heavy atom. The first kappa shape index (κ1) is 17.6. The molecular weight excluding hydrogens is 288 g/mol. The zero-order chi connectivity index (χ0) is 16.5. The van der Waals surface area contributed by atoms with Crippen LogP contribution in [0.2, 0.25) is 0 Å². The molecule has 22 heavy (non-hydrogen) atoms. The van der Waals surface area contributed by atoms with Crippen molar-refractivity contribution in [3.05, 3.63) is 35.9 Å². The summed E-state index contributed by atoms with van der Waals surface area (Å²) in [5.74, 6) is -1.68. The maximum atomic E-state index is 11.8. The molecule has 0 aliphatic carbocycles. The van der Waals surface area contributed by atoms with Crippen LogP contribution in [0.15, 0.2) is 30.3 Å². The van der Waals surface area contributed by atoms with Gasteiger partial charge in [-0.15, -0.1) is 0 Å². The molecule has 0 aliphatic rings. The molecule has 120 valence electrons. The lowest BCUT2D eigenvalue weighted by atomic mass is 10.0. The second-order valence-corrected chi connectivity index (χ2v) is 4.74. The monoisotopic (exact) mass is 308 g/mol. The highest BCUT2D eigenvalue weighted by Gasteiger charge is 2.28. The summed E-state index contributed by atoms with van der Waals surface area (Å²) in [6.07, 6.45) is -1.24. The summed E-state index contributed by atoms with van der Waals surface area (Å²) in [5.41, 5.74) is 0.843. The number of esters is 1. The molecule has 7 heteroatoms. The van der Waals surface area contributed by atoms with Crippen LogP contribution < -0.4 is 10.6 Å². The SMILES string of the molecule is COC(=O)[C@@H](O)[C@@H](Cc1ccccc1)NC(=O)CNC(C)=O. The van der Waals surface area contributed by atoms with Crippen molar-refractivity contribution in [1.29, 1.82) is 0 Å². The van der Waals surface area contributed by atoms with Crippen LogP contribution in [0, 0.1) is 0 Å². The average Bonchev–Trinajstić information content (AvgIpc) is 2.51. The topological polar surface area (TPSA) is 105 Å². The number of carbonyl (C=O) groups excluding carboxylic acids is 3. The molecule has 0 heterocycles. The average molecular weight is 308 g/mol. The number of aliphatic hydroxyl groups is 1. The van der Waals surface area contributed by atoms with E-state index in [1.807, 2.05) is 30.3 Å². The van der Waals surface area contributed by atoms with Crippen LogP contribution in [-0.4, -0.2) is 48.7 Å². The highest BCUT2D eigenvalue weighted by Crippen LogP contribution is 2.07. The number of rotatable bonds is 7. The van der Waals surface area contributed by atoms with Gasteiger partial charge in [0.15, 0.2) is 6.10 Å². The number of methoxy groups -OCH3 is 1. The van der Waals surface area contributed by atoms with Crippen molar-refractivity contribution < 1.29 is 24.2 Å². The fourth-order valence-corrected chi connectivity index (χ4v) is 1.86. The predicted molar refractivity (Wildman–Crippen MR) is 78.8 cm³/mol. The summed E-state index contributed by atoms with van der Waals surface area (Å²) in [6.45, 7) is 1.06. The van der Waals surface area contributed by atoms with Gasteiger partial charge in [0.2, 0.25) is 11.8 Å². The van der Waals surface area contributed by atoms with E-state index in [0.29, 0.717) is 0 Å². The fourth-order valence-electron chi connectivity index (χ4n) is 1.86. The van der Waals surface area contributed by atoms with Gasteiger partial charge in [0, 0.05) is 6.92 Å². The highest BCUT2D eigenvalue weighted by molar-refractivity contribution is 5.84. The summed E-state index contributed by atoms with van der Waals surface area (Å²) >= 11 is 0. The molecule has 0 aromatic heterocycles. The van der Waals surface area contributed by atoms with Gasteiger partial charge in [0.05, 0.1) is 19.7 Å². The van der Waals surface area contributed by atoms with E-state index in [2.05, 4.69) is 15.4 Å². The third-order valence-electron chi connectivity index (χ3n) is 2.97. The molecule has 0 unspecified atom stereocenters. The minimum atomic E-state index is -1.49. The molecule has 3 N–H and O–H groups in total. The Labute approximate surface area is 128 Å². The minimum absolute atomic E-state index is 0.228. The van der Waals surface area contributed by atoms with Crippen LogP contribution in [0.4, 0.5) is 0 Å². The molecular formula is C15H20N2O5. The molecule has 2 amide bonds. The minimum Gasteiger partial charge on any atom is -0.467 e. The van der Waals surface area contributed by atoms with Crippen molar-refractivity contribution >= 4 is 17.8 Å². The molecule has 0 aliphatic heterocycles. The summed E-state index contributed by atoms with van der Waals surface area (Å²) in [7, 11) is 1.16. The summed E-state index contributed by atoms with van der Waals surface area (Å²) in [4.78, 5) is 34.1. The first-order chi connectivity index (χ1) is 10.4. The Morgan fingerprint density at radius 2 is 1.86 bits per heavy atom. The molecule has 1 aromatic rings. The molecule has 0 saturated heterocycles. The molecule has 0 bridgehead atoms. The lowest BCUT2D eigenvalue weighted by Crippen LogP contribution is -2.51. The van der Waals surface area contributed by atoms with E-state index in [4.69, 9.17) is 0 Å². The standard InChI is InChI=1S/C15H20N2O5/c1-10(18)16-9-13(19)17-12(14(20)15(21)22-2)8-11-6-4-3-5-7-11/h3-7,12,14,20H,8-9H2,1-2H3,(H,16,18)(H,17,19)/t12-,14+/m1/s1. The summed E-state index contributed by atoms with van der Waals surface area (Å²) < 4.78 is 4.50. The van der Waals surface area contributed by atoms with E-state index in [-0.39, 0.29) is 18.9 Å². The quantitative estimate of drug-likeness (QED) is 0.583. The largest absolute Gasteiger partial charge is 0.467 e. The number of hydrogen-bond donors (Lipinski definition) is 3. The van der Waals surface area contributed by atoms with Crippen LogP contribution in [0.5, 0.6) is 0 Å². The normalized spacial score (nSPS) is 12.9. The number of benzene rings is 1. The van der Waals surface area contributed by atoms with E-state index >= 15 is 0 Å². The van der Waals surface area contributed by atoms with Crippen LogP contribution in [0.1, 0.15) is 12.5 Å². The molecule has 0 saturated carbocycles. The molecule has 0 spiro atoms. The Hall–Kier alpha value is -2.41. The third-order valence-corrected chi connectivity index (χ3v) is 2.97. The second kappa shape index (κ2) is 8.78. The number of ether oxygens (including phenoxy) is 1. The van der Waals surface area contributed by atoms with Gasteiger partial charge in [-0.05, 0) is 12.0 Å². The van der Waals surface area contributed by atoms with Crippen molar-refractivity contribution in [1.82, 2.24) is 10.6 Å². The maximum Gasteiger partial charge on any atom is 0.336 e. The smallest absolute Gasteiger partial charge is 0.336 e. The van der Waals surface area contributed by atoms with Crippen LogP contribution in [0.3, 0.4) is 0 Å². The van der Waals surface area contributed by atoms with Gasteiger partial charge in [-0.1, -0.05) is 30.3 Å². The fraction of sp³-hybridized carbons (Fsp3) is 0.400. The number of aliphatic hydroxyl groups excluding tert-OH is 1.